The number of aromatic nitrogens is 2. The van der Waals surface area contributed by atoms with Crippen LogP contribution >= 0.6 is 0 Å². The lowest BCUT2D eigenvalue weighted by Crippen LogP contribution is -2.11. The Bertz CT molecular complexity index is 710. The van der Waals surface area contributed by atoms with Crippen LogP contribution in [0.25, 0.3) is 0 Å². The third-order valence-corrected chi connectivity index (χ3v) is 3.65. The molecular formula is C17H19FN2O3. The standard InChI is InChI=1S/C17H19FN2O3/c1-3-4-5-16-19-9-14(11-21)20(16)10-13-7-6-12(8-15(13)18)17(22)23-2/h6-9,11H,3-5,10H2,1-2H3. The highest BCUT2D eigenvalue weighted by molar-refractivity contribution is 5.89. The van der Waals surface area contributed by atoms with E-state index in [9.17, 15) is 14.0 Å². The minimum atomic E-state index is -0.588. The molecule has 0 saturated heterocycles. The van der Waals surface area contributed by atoms with Crippen LogP contribution in [0.3, 0.4) is 0 Å². The first-order valence-corrected chi connectivity index (χ1v) is 7.47. The van der Waals surface area contributed by atoms with Crippen molar-refractivity contribution in [2.75, 3.05) is 7.11 Å². The summed E-state index contributed by atoms with van der Waals surface area (Å²) in [6.45, 7) is 2.26. The number of ether oxygens (including phenoxy) is 1. The molecule has 122 valence electrons. The van der Waals surface area contributed by atoms with Crippen LogP contribution in [0.15, 0.2) is 24.4 Å². The molecule has 5 nitrogen and oxygen atoms in total. The van der Waals surface area contributed by atoms with Crippen molar-refractivity contribution in [3.8, 4) is 0 Å². The van der Waals surface area contributed by atoms with Crippen LogP contribution < -0.4 is 0 Å². The Kier molecular flexibility index (Phi) is 5.62. The van der Waals surface area contributed by atoms with E-state index in [-0.39, 0.29) is 12.1 Å². The summed E-state index contributed by atoms with van der Waals surface area (Å²) in [5.41, 5.74) is 0.949. The summed E-state index contributed by atoms with van der Waals surface area (Å²) < 4.78 is 20.5. The lowest BCUT2D eigenvalue weighted by molar-refractivity contribution is 0.0600. The SMILES string of the molecule is CCCCc1ncc(C=O)n1Cc1ccc(C(=O)OC)cc1F. The Hall–Kier alpha value is -2.50. The molecule has 1 aromatic carbocycles. The largest absolute Gasteiger partial charge is 0.465 e. The van der Waals surface area contributed by atoms with Gasteiger partial charge in [0.15, 0.2) is 6.29 Å². The van der Waals surface area contributed by atoms with E-state index in [1.807, 2.05) is 0 Å². The van der Waals surface area contributed by atoms with Crippen LogP contribution in [-0.4, -0.2) is 28.9 Å². The van der Waals surface area contributed by atoms with Crippen molar-refractivity contribution in [1.29, 1.82) is 0 Å². The Labute approximate surface area is 134 Å². The van der Waals surface area contributed by atoms with Crippen molar-refractivity contribution in [2.24, 2.45) is 0 Å². The van der Waals surface area contributed by atoms with Gasteiger partial charge in [0.25, 0.3) is 0 Å². The number of hydrogen-bond acceptors (Lipinski definition) is 4. The van der Waals surface area contributed by atoms with Gasteiger partial charge in [0, 0.05) is 12.0 Å². The number of aryl methyl sites for hydroxylation is 1. The number of halogens is 1. The Morgan fingerprint density at radius 2 is 2.22 bits per heavy atom. The highest BCUT2D eigenvalue weighted by atomic mass is 19.1. The van der Waals surface area contributed by atoms with E-state index in [0.717, 1.165) is 31.2 Å². The predicted octanol–water partition coefficient (Wildman–Crippen LogP) is 3.01. The molecule has 0 aliphatic heterocycles. The van der Waals surface area contributed by atoms with Crippen molar-refractivity contribution >= 4 is 12.3 Å². The smallest absolute Gasteiger partial charge is 0.337 e. The lowest BCUT2D eigenvalue weighted by Gasteiger charge is -2.11. The van der Waals surface area contributed by atoms with Gasteiger partial charge in [-0.1, -0.05) is 19.4 Å². The summed E-state index contributed by atoms with van der Waals surface area (Å²) in [7, 11) is 1.25. The van der Waals surface area contributed by atoms with Crippen LogP contribution in [-0.2, 0) is 17.7 Å². The van der Waals surface area contributed by atoms with Gasteiger partial charge in [0.2, 0.25) is 0 Å². The van der Waals surface area contributed by atoms with E-state index in [0.29, 0.717) is 17.5 Å². The molecule has 0 amide bonds. The van der Waals surface area contributed by atoms with E-state index < -0.39 is 11.8 Å². The van der Waals surface area contributed by atoms with Crippen molar-refractivity contribution in [1.82, 2.24) is 9.55 Å². The number of benzene rings is 1. The maximum atomic E-state index is 14.2. The zero-order chi connectivity index (χ0) is 16.8. The van der Waals surface area contributed by atoms with Gasteiger partial charge >= 0.3 is 5.97 Å². The van der Waals surface area contributed by atoms with Gasteiger partial charge in [0.05, 0.1) is 25.4 Å². The predicted molar refractivity (Wildman–Crippen MR) is 83.1 cm³/mol. The summed E-state index contributed by atoms with van der Waals surface area (Å²) in [5, 5.41) is 0. The Morgan fingerprint density at radius 1 is 1.43 bits per heavy atom. The number of rotatable bonds is 7. The number of hydrogen-bond donors (Lipinski definition) is 0. The Morgan fingerprint density at radius 3 is 2.83 bits per heavy atom. The number of carbonyl (C=O) groups is 2. The molecule has 23 heavy (non-hydrogen) atoms. The molecule has 6 heteroatoms. The second kappa shape index (κ2) is 7.67. The molecule has 0 aliphatic rings. The first-order valence-electron chi connectivity index (χ1n) is 7.47. The summed E-state index contributed by atoms with van der Waals surface area (Å²) in [6.07, 6.45) is 4.89. The fourth-order valence-electron chi connectivity index (χ4n) is 2.33. The highest BCUT2D eigenvalue weighted by Crippen LogP contribution is 2.16. The van der Waals surface area contributed by atoms with Gasteiger partial charge in [-0.15, -0.1) is 0 Å². The van der Waals surface area contributed by atoms with E-state index in [1.165, 1.54) is 25.4 Å². The van der Waals surface area contributed by atoms with Crippen molar-refractivity contribution in [2.45, 2.75) is 32.7 Å². The average Bonchev–Trinajstić information content (AvgIpc) is 2.95. The molecule has 0 aliphatic carbocycles. The minimum absolute atomic E-state index is 0.154. The van der Waals surface area contributed by atoms with Crippen LogP contribution in [0, 0.1) is 5.82 Å². The molecule has 1 heterocycles. The molecule has 0 radical (unpaired) electrons. The second-order valence-electron chi connectivity index (χ2n) is 5.20. The quantitative estimate of drug-likeness (QED) is 0.581. The normalized spacial score (nSPS) is 10.6. The maximum Gasteiger partial charge on any atom is 0.337 e. The number of carbonyl (C=O) groups excluding carboxylic acids is 2. The number of aldehydes is 1. The molecule has 0 atom stereocenters. The van der Waals surface area contributed by atoms with E-state index >= 15 is 0 Å². The van der Waals surface area contributed by atoms with Gasteiger partial charge in [-0.05, 0) is 18.6 Å². The van der Waals surface area contributed by atoms with Crippen molar-refractivity contribution in [3.05, 3.63) is 52.9 Å². The second-order valence-corrected chi connectivity index (χ2v) is 5.20. The van der Waals surface area contributed by atoms with Gasteiger partial charge in [-0.25, -0.2) is 14.2 Å². The molecule has 1 aromatic heterocycles. The van der Waals surface area contributed by atoms with Crippen LogP contribution in [0.1, 0.15) is 52.0 Å². The molecule has 0 saturated carbocycles. The van der Waals surface area contributed by atoms with Crippen LogP contribution in [0.4, 0.5) is 4.39 Å². The van der Waals surface area contributed by atoms with E-state index in [2.05, 4.69) is 16.6 Å². The Balaban J connectivity index is 2.29. The molecule has 0 unspecified atom stereocenters. The zero-order valence-corrected chi connectivity index (χ0v) is 13.2. The third kappa shape index (κ3) is 3.83. The summed E-state index contributed by atoms with van der Waals surface area (Å²) in [6, 6.07) is 4.18. The number of imidazole rings is 1. The molecule has 0 spiro atoms. The monoisotopic (exact) mass is 318 g/mol. The van der Waals surface area contributed by atoms with E-state index in [4.69, 9.17) is 0 Å². The highest BCUT2D eigenvalue weighted by Gasteiger charge is 2.14. The fraction of sp³-hybridized carbons (Fsp3) is 0.353. The molecule has 2 rings (SSSR count). The van der Waals surface area contributed by atoms with Gasteiger partial charge in [-0.2, -0.15) is 0 Å². The molecule has 0 bridgehead atoms. The van der Waals surface area contributed by atoms with Gasteiger partial charge in [0.1, 0.15) is 17.3 Å². The topological polar surface area (TPSA) is 61.2 Å². The average molecular weight is 318 g/mol. The summed E-state index contributed by atoms with van der Waals surface area (Å²) >= 11 is 0. The lowest BCUT2D eigenvalue weighted by atomic mass is 10.1. The van der Waals surface area contributed by atoms with E-state index in [1.54, 1.807) is 4.57 Å². The van der Waals surface area contributed by atoms with Crippen LogP contribution in [0.5, 0.6) is 0 Å². The summed E-state index contributed by atoms with van der Waals surface area (Å²) in [5.74, 6) is -0.347. The van der Waals surface area contributed by atoms with Crippen molar-refractivity contribution < 1.29 is 18.7 Å². The fourth-order valence-corrected chi connectivity index (χ4v) is 2.33. The molecule has 0 fully saturated rings. The molecule has 0 N–H and O–H groups in total. The molecule has 2 aromatic rings. The van der Waals surface area contributed by atoms with Crippen molar-refractivity contribution in [3.63, 3.8) is 0 Å². The minimum Gasteiger partial charge on any atom is -0.465 e. The molecular weight excluding hydrogens is 299 g/mol. The first-order chi connectivity index (χ1) is 11.1. The number of unbranched alkanes of at least 4 members (excludes halogenated alkanes) is 1. The zero-order valence-electron chi connectivity index (χ0n) is 13.2. The van der Waals surface area contributed by atoms with Gasteiger partial charge in [-0.3, -0.25) is 4.79 Å². The number of esters is 1. The third-order valence-electron chi connectivity index (χ3n) is 3.65. The van der Waals surface area contributed by atoms with Crippen LogP contribution in [0.2, 0.25) is 0 Å². The number of nitrogens with zero attached hydrogens (tertiary/aromatic N) is 2. The number of methoxy groups -OCH3 is 1. The maximum absolute atomic E-state index is 14.2. The summed E-state index contributed by atoms with van der Waals surface area (Å²) in [4.78, 5) is 26.8. The first kappa shape index (κ1) is 16.9. The van der Waals surface area contributed by atoms with Gasteiger partial charge < -0.3 is 9.30 Å².